The molecule has 0 heterocycles. The number of nitrogens with one attached hydrogen (secondary N) is 1. The van der Waals surface area contributed by atoms with Crippen LogP contribution in [-0.2, 0) is 4.79 Å². The van der Waals surface area contributed by atoms with Gasteiger partial charge in [-0.3, -0.25) is 4.79 Å². The van der Waals surface area contributed by atoms with Crippen LogP contribution in [0.4, 0.5) is 10.1 Å². The highest BCUT2D eigenvalue weighted by Gasteiger charge is 2.13. The van der Waals surface area contributed by atoms with E-state index in [1.807, 2.05) is 0 Å². The molecule has 0 saturated carbocycles. The standard InChI is InChI=1S/C16H9BrClFN2O/c17-12-5-6-15(14(19)8-12)21-16(22)11(9-20)7-10-3-1-2-4-13(10)18/h1-8H,(H,21,22)/b11-7-. The number of nitrogens with zero attached hydrogens (tertiary/aromatic N) is 1. The van der Waals surface area contributed by atoms with Crippen molar-refractivity contribution >= 4 is 45.2 Å². The molecule has 110 valence electrons. The molecule has 0 unspecified atom stereocenters. The molecule has 22 heavy (non-hydrogen) atoms. The van der Waals surface area contributed by atoms with Gasteiger partial charge in [-0.05, 0) is 35.9 Å². The first-order chi connectivity index (χ1) is 10.5. The van der Waals surface area contributed by atoms with Crippen LogP contribution in [0.2, 0.25) is 5.02 Å². The Hall–Kier alpha value is -2.16. The number of hydrogen-bond donors (Lipinski definition) is 1. The molecular formula is C16H9BrClFN2O. The number of carbonyl (C=O) groups is 1. The first-order valence-electron chi connectivity index (χ1n) is 6.14. The van der Waals surface area contributed by atoms with Gasteiger partial charge in [-0.25, -0.2) is 4.39 Å². The van der Waals surface area contributed by atoms with Crippen molar-refractivity contribution in [2.24, 2.45) is 0 Å². The van der Waals surface area contributed by atoms with Gasteiger partial charge in [0.05, 0.1) is 5.69 Å². The fourth-order valence-electron chi connectivity index (χ4n) is 1.68. The van der Waals surface area contributed by atoms with Gasteiger partial charge in [0.2, 0.25) is 0 Å². The van der Waals surface area contributed by atoms with E-state index < -0.39 is 11.7 Å². The van der Waals surface area contributed by atoms with E-state index in [0.717, 1.165) is 0 Å². The lowest BCUT2D eigenvalue weighted by molar-refractivity contribution is -0.112. The highest BCUT2D eigenvalue weighted by molar-refractivity contribution is 9.10. The molecule has 0 radical (unpaired) electrons. The Labute approximate surface area is 140 Å². The second kappa shape index (κ2) is 7.21. The molecule has 2 aromatic carbocycles. The van der Waals surface area contributed by atoms with Crippen molar-refractivity contribution < 1.29 is 9.18 Å². The average molecular weight is 380 g/mol. The van der Waals surface area contributed by atoms with Crippen molar-refractivity contribution in [2.45, 2.75) is 0 Å². The van der Waals surface area contributed by atoms with E-state index in [1.165, 1.54) is 18.2 Å². The van der Waals surface area contributed by atoms with E-state index in [2.05, 4.69) is 21.2 Å². The lowest BCUT2D eigenvalue weighted by Gasteiger charge is -2.06. The summed E-state index contributed by atoms with van der Waals surface area (Å²) in [7, 11) is 0. The summed E-state index contributed by atoms with van der Waals surface area (Å²) in [5.41, 5.74) is 0.357. The number of nitriles is 1. The first kappa shape index (κ1) is 16.2. The number of rotatable bonds is 3. The van der Waals surface area contributed by atoms with Crippen LogP contribution in [0.3, 0.4) is 0 Å². The predicted octanol–water partition coefficient (Wildman–Crippen LogP) is 4.79. The number of carbonyl (C=O) groups excluding carboxylic acids is 1. The maximum atomic E-state index is 13.7. The largest absolute Gasteiger partial charge is 0.319 e. The van der Waals surface area contributed by atoms with E-state index in [4.69, 9.17) is 16.9 Å². The molecule has 0 atom stereocenters. The Bertz CT molecular complexity index is 799. The summed E-state index contributed by atoms with van der Waals surface area (Å²) in [5.74, 6) is -1.30. The number of amides is 1. The normalized spacial score (nSPS) is 10.9. The summed E-state index contributed by atoms with van der Waals surface area (Å²) in [6, 6.07) is 12.8. The van der Waals surface area contributed by atoms with Gasteiger partial charge in [-0.1, -0.05) is 45.7 Å². The van der Waals surface area contributed by atoms with Crippen molar-refractivity contribution in [1.82, 2.24) is 0 Å². The van der Waals surface area contributed by atoms with Gasteiger partial charge in [-0.2, -0.15) is 5.26 Å². The fourth-order valence-corrected chi connectivity index (χ4v) is 2.20. The van der Waals surface area contributed by atoms with Crippen LogP contribution in [0.25, 0.3) is 6.08 Å². The molecule has 0 fully saturated rings. The van der Waals surface area contributed by atoms with Gasteiger partial charge in [0.25, 0.3) is 5.91 Å². The summed E-state index contributed by atoms with van der Waals surface area (Å²) >= 11 is 9.11. The summed E-state index contributed by atoms with van der Waals surface area (Å²) in [6.07, 6.45) is 1.36. The third kappa shape index (κ3) is 3.94. The van der Waals surface area contributed by atoms with Crippen LogP contribution in [0, 0.1) is 17.1 Å². The molecule has 1 amide bonds. The van der Waals surface area contributed by atoms with Crippen LogP contribution >= 0.6 is 27.5 Å². The van der Waals surface area contributed by atoms with Crippen molar-refractivity contribution in [2.75, 3.05) is 5.32 Å². The number of anilines is 1. The molecule has 2 rings (SSSR count). The molecule has 3 nitrogen and oxygen atoms in total. The lowest BCUT2D eigenvalue weighted by Crippen LogP contribution is -2.14. The summed E-state index contributed by atoms with van der Waals surface area (Å²) in [5, 5.41) is 11.9. The fraction of sp³-hybridized carbons (Fsp3) is 0. The molecule has 1 N–H and O–H groups in total. The van der Waals surface area contributed by atoms with Gasteiger partial charge in [-0.15, -0.1) is 0 Å². The maximum Gasteiger partial charge on any atom is 0.266 e. The third-order valence-electron chi connectivity index (χ3n) is 2.75. The molecule has 0 aromatic heterocycles. The van der Waals surface area contributed by atoms with E-state index in [9.17, 15) is 9.18 Å². The third-order valence-corrected chi connectivity index (χ3v) is 3.59. The van der Waals surface area contributed by atoms with Crippen molar-refractivity contribution in [1.29, 1.82) is 5.26 Å². The monoisotopic (exact) mass is 378 g/mol. The average Bonchev–Trinajstić information content (AvgIpc) is 2.49. The quantitative estimate of drug-likeness (QED) is 0.616. The Morgan fingerprint density at radius 1 is 1.32 bits per heavy atom. The zero-order valence-corrected chi connectivity index (χ0v) is 13.5. The van der Waals surface area contributed by atoms with Gasteiger partial charge in [0.15, 0.2) is 0 Å². The molecule has 6 heteroatoms. The van der Waals surface area contributed by atoms with Gasteiger partial charge in [0, 0.05) is 9.50 Å². The Morgan fingerprint density at radius 3 is 2.68 bits per heavy atom. The van der Waals surface area contributed by atoms with Crippen molar-refractivity contribution in [3.63, 3.8) is 0 Å². The topological polar surface area (TPSA) is 52.9 Å². The SMILES string of the molecule is N#C/C(=C/c1ccccc1Cl)C(=O)Nc1ccc(Br)cc1F. The Morgan fingerprint density at radius 2 is 2.05 bits per heavy atom. The molecular weight excluding hydrogens is 371 g/mol. The maximum absolute atomic E-state index is 13.7. The van der Waals surface area contributed by atoms with Crippen LogP contribution in [0.1, 0.15) is 5.56 Å². The van der Waals surface area contributed by atoms with Crippen molar-refractivity contribution in [3.8, 4) is 6.07 Å². The lowest BCUT2D eigenvalue weighted by atomic mass is 10.1. The number of hydrogen-bond acceptors (Lipinski definition) is 2. The van der Waals surface area contributed by atoms with Gasteiger partial charge < -0.3 is 5.32 Å². The van der Waals surface area contributed by atoms with E-state index >= 15 is 0 Å². The second-order valence-electron chi connectivity index (χ2n) is 4.27. The Balaban J connectivity index is 2.27. The minimum atomic E-state index is -0.705. The summed E-state index contributed by atoms with van der Waals surface area (Å²) < 4.78 is 14.3. The highest BCUT2D eigenvalue weighted by Crippen LogP contribution is 2.21. The van der Waals surface area contributed by atoms with Crippen LogP contribution in [0.15, 0.2) is 52.5 Å². The molecule has 0 aliphatic rings. The molecule has 0 aliphatic carbocycles. The predicted molar refractivity (Wildman–Crippen MR) is 87.8 cm³/mol. The molecule has 0 spiro atoms. The second-order valence-corrected chi connectivity index (χ2v) is 5.59. The van der Waals surface area contributed by atoms with E-state index in [-0.39, 0.29) is 11.3 Å². The molecule has 0 aliphatic heterocycles. The zero-order valence-electron chi connectivity index (χ0n) is 11.1. The smallest absolute Gasteiger partial charge is 0.266 e. The van der Waals surface area contributed by atoms with Crippen molar-refractivity contribution in [3.05, 3.63) is 68.9 Å². The van der Waals surface area contributed by atoms with Crippen LogP contribution in [-0.4, -0.2) is 5.91 Å². The van der Waals surface area contributed by atoms with Crippen LogP contribution in [0.5, 0.6) is 0 Å². The van der Waals surface area contributed by atoms with Gasteiger partial charge >= 0.3 is 0 Å². The molecule has 0 saturated heterocycles. The highest BCUT2D eigenvalue weighted by atomic mass is 79.9. The Kier molecular flexibility index (Phi) is 5.31. The minimum Gasteiger partial charge on any atom is -0.319 e. The van der Waals surface area contributed by atoms with E-state index in [1.54, 1.807) is 36.4 Å². The van der Waals surface area contributed by atoms with Crippen LogP contribution < -0.4 is 5.32 Å². The summed E-state index contributed by atoms with van der Waals surface area (Å²) in [6.45, 7) is 0. The number of benzene rings is 2. The minimum absolute atomic E-state index is 0.00601. The first-order valence-corrected chi connectivity index (χ1v) is 7.31. The zero-order chi connectivity index (χ0) is 16.1. The molecule has 0 bridgehead atoms. The summed E-state index contributed by atoms with van der Waals surface area (Å²) in [4.78, 5) is 12.1. The molecule has 2 aromatic rings. The van der Waals surface area contributed by atoms with E-state index in [0.29, 0.717) is 15.1 Å². The van der Waals surface area contributed by atoms with Gasteiger partial charge in [0.1, 0.15) is 17.5 Å². The number of halogens is 3.